The molecule has 0 atom stereocenters. The summed E-state index contributed by atoms with van der Waals surface area (Å²) >= 11 is 0. The van der Waals surface area contributed by atoms with Gasteiger partial charge >= 0.3 is 0 Å². The van der Waals surface area contributed by atoms with Crippen molar-refractivity contribution in [1.29, 1.82) is 0 Å². The first-order chi connectivity index (χ1) is 21.0. The Morgan fingerprint density at radius 3 is 2.25 bits per heavy atom. The van der Waals surface area contributed by atoms with Gasteiger partial charge in [0, 0.05) is 28.3 Å². The number of ether oxygens (including phenoxy) is 1. The van der Waals surface area contributed by atoms with E-state index in [1.807, 2.05) is 12.1 Å². The Morgan fingerprint density at radius 1 is 0.864 bits per heavy atom. The number of nitrogen functional groups attached to an aromatic ring is 1. The number of nitrogens with two attached hydrogens (primary N) is 1. The average molecular weight is 639 g/mol. The minimum absolute atomic E-state index is 0.00875. The molecule has 3 N–H and O–H groups in total. The van der Waals surface area contributed by atoms with E-state index in [1.54, 1.807) is 31.2 Å². The number of benzene rings is 3. The number of hydrogen-bond acceptors (Lipinski definition) is 8. The van der Waals surface area contributed by atoms with Gasteiger partial charge in [0.2, 0.25) is 5.88 Å². The number of sulfonamides is 1. The van der Waals surface area contributed by atoms with Gasteiger partial charge in [0.1, 0.15) is 24.9 Å². The van der Waals surface area contributed by atoms with Gasteiger partial charge < -0.3 is 10.5 Å². The smallest absolute Gasteiger partial charge is 0.262 e. The van der Waals surface area contributed by atoms with Crippen LogP contribution in [0.25, 0.3) is 33.2 Å². The molecule has 0 unspecified atom stereocenters. The number of anilines is 2. The molecule has 0 aliphatic heterocycles. The van der Waals surface area contributed by atoms with Gasteiger partial charge in [-0.3, -0.25) is 4.72 Å². The van der Waals surface area contributed by atoms with Crippen LogP contribution >= 0.6 is 0 Å². The summed E-state index contributed by atoms with van der Waals surface area (Å²) in [5.74, 6) is 0.251. The highest BCUT2D eigenvalue weighted by atomic mass is 32.2. The molecule has 0 saturated heterocycles. The lowest BCUT2D eigenvalue weighted by molar-refractivity contribution is 0.400. The SMILES string of the molecule is CCS(=O)(=O)c1ccc(-c2cc3cc(-c4cnc(OC)c(NS(=O)(=O)c5ccc(CF)cc5CF)c4)ccc3nc2N)cc1. The molecule has 0 fully saturated rings. The first-order valence-corrected chi connectivity index (χ1v) is 16.5. The lowest BCUT2D eigenvalue weighted by Crippen LogP contribution is -2.16. The van der Waals surface area contributed by atoms with Gasteiger partial charge in [0.15, 0.2) is 9.84 Å². The third-order valence-corrected chi connectivity index (χ3v) is 10.3. The Morgan fingerprint density at radius 2 is 1.59 bits per heavy atom. The Hall–Kier alpha value is -4.62. The molecule has 0 radical (unpaired) electrons. The van der Waals surface area contributed by atoms with Crippen molar-refractivity contribution >= 4 is 42.3 Å². The van der Waals surface area contributed by atoms with Gasteiger partial charge in [-0.2, -0.15) is 0 Å². The Labute approximate surface area is 253 Å². The molecule has 0 amide bonds. The Kier molecular flexibility index (Phi) is 8.53. The monoisotopic (exact) mass is 638 g/mol. The summed E-state index contributed by atoms with van der Waals surface area (Å²) in [7, 11) is -6.32. The minimum Gasteiger partial charge on any atom is -0.480 e. The van der Waals surface area contributed by atoms with Crippen LogP contribution in [-0.2, 0) is 33.2 Å². The maximum atomic E-state index is 13.7. The summed E-state index contributed by atoms with van der Waals surface area (Å²) in [5.41, 5.74) is 9.38. The van der Waals surface area contributed by atoms with E-state index in [1.165, 1.54) is 43.6 Å². The van der Waals surface area contributed by atoms with Crippen molar-refractivity contribution in [3.63, 3.8) is 0 Å². The second kappa shape index (κ2) is 12.2. The van der Waals surface area contributed by atoms with E-state index < -0.39 is 33.2 Å². The van der Waals surface area contributed by atoms with E-state index in [0.29, 0.717) is 27.8 Å². The van der Waals surface area contributed by atoms with Crippen molar-refractivity contribution < 1.29 is 30.4 Å². The molecule has 228 valence electrons. The number of fused-ring (bicyclic) bond motifs is 1. The van der Waals surface area contributed by atoms with Crippen molar-refractivity contribution in [2.45, 2.75) is 30.1 Å². The number of rotatable bonds is 10. The second-order valence-corrected chi connectivity index (χ2v) is 13.8. The molecule has 2 aromatic heterocycles. The zero-order valence-electron chi connectivity index (χ0n) is 23.7. The van der Waals surface area contributed by atoms with Gasteiger partial charge in [-0.05, 0) is 65.2 Å². The summed E-state index contributed by atoms with van der Waals surface area (Å²) in [6.07, 6.45) is 1.51. The van der Waals surface area contributed by atoms with Gasteiger partial charge in [-0.1, -0.05) is 31.2 Å². The van der Waals surface area contributed by atoms with Crippen LogP contribution in [0.3, 0.4) is 0 Å². The lowest BCUT2D eigenvalue weighted by atomic mass is 10.0. The number of nitrogens with one attached hydrogen (secondary N) is 1. The standard InChI is InChI=1S/C31H28F2N4O5S2/c1-3-43(38,39)25-8-5-20(6-9-25)26-14-22-13-21(7-10-27(22)36-30(26)34)24-15-28(31(42-2)35-18-24)37-44(40,41)29-11-4-19(16-32)12-23(29)17-33/h4-15,18,37H,3,16-17H2,1-2H3,(H2,34,36). The second-order valence-electron chi connectivity index (χ2n) is 9.85. The van der Waals surface area contributed by atoms with E-state index >= 15 is 0 Å². The zero-order valence-corrected chi connectivity index (χ0v) is 25.3. The molecule has 0 saturated carbocycles. The fraction of sp³-hybridized carbons (Fsp3) is 0.161. The highest BCUT2D eigenvalue weighted by Crippen LogP contribution is 2.34. The molecule has 3 aromatic carbocycles. The fourth-order valence-corrected chi connectivity index (χ4v) is 6.87. The highest BCUT2D eigenvalue weighted by Gasteiger charge is 2.22. The van der Waals surface area contributed by atoms with Crippen molar-refractivity contribution in [1.82, 2.24) is 9.97 Å². The molecule has 0 bridgehead atoms. The van der Waals surface area contributed by atoms with E-state index in [-0.39, 0.29) is 44.1 Å². The van der Waals surface area contributed by atoms with Crippen molar-refractivity contribution in [3.8, 4) is 28.1 Å². The normalized spacial score (nSPS) is 11.9. The van der Waals surface area contributed by atoms with Crippen LogP contribution in [0, 0.1) is 0 Å². The fourth-order valence-electron chi connectivity index (χ4n) is 4.74. The van der Waals surface area contributed by atoms with E-state index in [2.05, 4.69) is 14.7 Å². The van der Waals surface area contributed by atoms with Crippen molar-refractivity contribution in [2.75, 3.05) is 23.3 Å². The molecule has 0 aliphatic rings. The van der Waals surface area contributed by atoms with Gasteiger partial charge in [-0.15, -0.1) is 0 Å². The number of halogens is 2. The number of aromatic nitrogens is 2. The molecular formula is C31H28F2N4O5S2. The molecule has 5 aromatic rings. The lowest BCUT2D eigenvalue weighted by Gasteiger charge is -2.15. The summed E-state index contributed by atoms with van der Waals surface area (Å²) in [5, 5.41) is 0.718. The summed E-state index contributed by atoms with van der Waals surface area (Å²) in [4.78, 5) is 8.66. The van der Waals surface area contributed by atoms with E-state index in [0.717, 1.165) is 11.5 Å². The van der Waals surface area contributed by atoms with Crippen LogP contribution in [0.2, 0.25) is 0 Å². The van der Waals surface area contributed by atoms with Crippen LogP contribution in [0.4, 0.5) is 20.3 Å². The van der Waals surface area contributed by atoms with Crippen molar-refractivity contribution in [3.05, 3.63) is 90.1 Å². The largest absolute Gasteiger partial charge is 0.480 e. The first kappa shape index (κ1) is 30.8. The van der Waals surface area contributed by atoms with Crippen molar-refractivity contribution in [2.24, 2.45) is 0 Å². The number of hydrogen-bond donors (Lipinski definition) is 2. The molecule has 44 heavy (non-hydrogen) atoms. The number of alkyl halides is 2. The molecular weight excluding hydrogens is 610 g/mol. The number of nitrogens with zero attached hydrogens (tertiary/aromatic N) is 2. The highest BCUT2D eigenvalue weighted by molar-refractivity contribution is 7.92. The predicted octanol–water partition coefficient (Wildman–Crippen LogP) is 6.09. The number of sulfone groups is 1. The Bertz CT molecular complexity index is 2090. The van der Waals surface area contributed by atoms with Crippen LogP contribution < -0.4 is 15.2 Å². The van der Waals surface area contributed by atoms with E-state index in [4.69, 9.17) is 10.5 Å². The van der Waals surface area contributed by atoms with Crippen LogP contribution in [0.15, 0.2) is 88.8 Å². The van der Waals surface area contributed by atoms with Crippen LogP contribution in [0.1, 0.15) is 18.1 Å². The maximum absolute atomic E-state index is 13.7. The summed E-state index contributed by atoms with van der Waals surface area (Å²) in [6, 6.07) is 18.8. The molecule has 5 rings (SSSR count). The molecule has 2 heterocycles. The molecule has 9 nitrogen and oxygen atoms in total. The van der Waals surface area contributed by atoms with Crippen LogP contribution in [0.5, 0.6) is 5.88 Å². The van der Waals surface area contributed by atoms with E-state index in [9.17, 15) is 25.6 Å². The number of pyridine rings is 2. The van der Waals surface area contributed by atoms with Gasteiger partial charge in [0.25, 0.3) is 10.0 Å². The third-order valence-electron chi connectivity index (χ3n) is 7.08. The van der Waals surface area contributed by atoms with Gasteiger partial charge in [0.05, 0.1) is 28.2 Å². The third kappa shape index (κ3) is 6.06. The predicted molar refractivity (Wildman–Crippen MR) is 166 cm³/mol. The summed E-state index contributed by atoms with van der Waals surface area (Å²) < 4.78 is 85.4. The maximum Gasteiger partial charge on any atom is 0.262 e. The van der Waals surface area contributed by atoms with Crippen LogP contribution in [-0.4, -0.2) is 39.7 Å². The average Bonchev–Trinajstić information content (AvgIpc) is 3.03. The minimum atomic E-state index is -4.30. The zero-order chi connectivity index (χ0) is 31.6. The Balaban J connectivity index is 1.52. The first-order valence-electron chi connectivity index (χ1n) is 13.3. The topological polar surface area (TPSA) is 141 Å². The number of methoxy groups -OCH3 is 1. The summed E-state index contributed by atoms with van der Waals surface area (Å²) in [6.45, 7) is -0.372. The quantitative estimate of drug-likeness (QED) is 0.187. The molecule has 0 spiro atoms. The van der Waals surface area contributed by atoms with Gasteiger partial charge in [-0.25, -0.2) is 35.6 Å². The molecule has 0 aliphatic carbocycles. The molecule has 13 heteroatoms.